The van der Waals surface area contributed by atoms with Gasteiger partial charge in [0.05, 0.1) is 18.7 Å². The van der Waals surface area contributed by atoms with E-state index in [9.17, 15) is 4.39 Å². The van der Waals surface area contributed by atoms with Crippen LogP contribution >= 0.6 is 23.2 Å². The molecule has 0 bridgehead atoms. The van der Waals surface area contributed by atoms with Crippen LogP contribution in [0.25, 0.3) is 11.1 Å². The van der Waals surface area contributed by atoms with Crippen molar-refractivity contribution in [1.29, 1.82) is 5.26 Å². The van der Waals surface area contributed by atoms with Crippen LogP contribution in [0.2, 0.25) is 10.0 Å². The highest BCUT2D eigenvalue weighted by Gasteiger charge is 2.15. The van der Waals surface area contributed by atoms with Crippen LogP contribution in [0.1, 0.15) is 5.56 Å². The average Bonchev–Trinajstić information content (AvgIpc) is 2.33. The van der Waals surface area contributed by atoms with E-state index >= 15 is 0 Å². The summed E-state index contributed by atoms with van der Waals surface area (Å²) in [5, 5.41) is 9.55. The molecule has 0 aliphatic carbocycles. The Morgan fingerprint density at radius 3 is 2.50 bits per heavy atom. The molecule has 90 valence electrons. The average molecular weight is 281 g/mol. The highest BCUT2D eigenvalue weighted by Crippen LogP contribution is 2.36. The van der Waals surface area contributed by atoms with E-state index in [1.165, 1.54) is 6.20 Å². The molecule has 1 aromatic heterocycles. The lowest BCUT2D eigenvalue weighted by atomic mass is 10.00. The molecule has 0 amide bonds. The van der Waals surface area contributed by atoms with E-state index in [2.05, 4.69) is 4.98 Å². The molecule has 1 heterocycles. The van der Waals surface area contributed by atoms with Crippen molar-refractivity contribution >= 4 is 23.2 Å². The van der Waals surface area contributed by atoms with E-state index in [4.69, 9.17) is 28.5 Å². The maximum atomic E-state index is 13.7. The Hall–Kier alpha value is -1.63. The molecule has 5 heteroatoms. The first-order valence-corrected chi connectivity index (χ1v) is 5.84. The Morgan fingerprint density at radius 1 is 1.22 bits per heavy atom. The first-order chi connectivity index (χ1) is 8.65. The van der Waals surface area contributed by atoms with Crippen LogP contribution in [0.4, 0.5) is 4.39 Å². The SMILES string of the molecule is N#CCc1c(F)cncc1-c1c(Cl)cccc1Cl. The van der Waals surface area contributed by atoms with E-state index in [0.717, 1.165) is 6.20 Å². The monoisotopic (exact) mass is 280 g/mol. The zero-order valence-electron chi connectivity index (χ0n) is 9.12. The van der Waals surface area contributed by atoms with Crippen LogP contribution in [-0.4, -0.2) is 4.98 Å². The first kappa shape index (κ1) is 12.8. The lowest BCUT2D eigenvalue weighted by Gasteiger charge is -2.11. The van der Waals surface area contributed by atoms with Crippen LogP contribution in [-0.2, 0) is 6.42 Å². The van der Waals surface area contributed by atoms with Gasteiger partial charge in [-0.05, 0) is 12.1 Å². The smallest absolute Gasteiger partial charge is 0.146 e. The van der Waals surface area contributed by atoms with Crippen molar-refractivity contribution in [2.24, 2.45) is 0 Å². The van der Waals surface area contributed by atoms with E-state index in [0.29, 0.717) is 21.2 Å². The summed E-state index contributed by atoms with van der Waals surface area (Å²) in [5.74, 6) is -0.537. The van der Waals surface area contributed by atoms with Crippen molar-refractivity contribution in [2.45, 2.75) is 6.42 Å². The summed E-state index contributed by atoms with van der Waals surface area (Å²) in [6, 6.07) is 6.93. The van der Waals surface area contributed by atoms with Gasteiger partial charge in [0, 0.05) is 32.9 Å². The number of nitrogens with zero attached hydrogens (tertiary/aromatic N) is 2. The van der Waals surface area contributed by atoms with Crippen LogP contribution in [0.3, 0.4) is 0 Å². The molecule has 0 fully saturated rings. The first-order valence-electron chi connectivity index (χ1n) is 5.09. The van der Waals surface area contributed by atoms with Crippen LogP contribution in [0, 0.1) is 17.1 Å². The lowest BCUT2D eigenvalue weighted by Crippen LogP contribution is -1.96. The highest BCUT2D eigenvalue weighted by atomic mass is 35.5. The number of rotatable bonds is 2. The van der Waals surface area contributed by atoms with Gasteiger partial charge < -0.3 is 0 Å². The minimum absolute atomic E-state index is 0.0642. The van der Waals surface area contributed by atoms with Crippen LogP contribution < -0.4 is 0 Å². The Balaban J connectivity index is 2.72. The predicted octanol–water partition coefficient (Wildman–Crippen LogP) is 4.26. The third kappa shape index (κ3) is 2.31. The normalized spacial score (nSPS) is 10.1. The molecule has 1 aromatic carbocycles. The molecular formula is C13H7Cl2FN2. The standard InChI is InChI=1S/C13H7Cl2FN2/c14-10-2-1-3-11(15)13(10)9-6-18-7-12(16)8(9)4-5-17/h1-3,6-7H,4H2. The summed E-state index contributed by atoms with van der Waals surface area (Å²) >= 11 is 12.1. The summed E-state index contributed by atoms with van der Waals surface area (Å²) in [7, 11) is 0. The molecule has 0 saturated carbocycles. The number of nitriles is 1. The van der Waals surface area contributed by atoms with Gasteiger partial charge in [0.25, 0.3) is 0 Å². The van der Waals surface area contributed by atoms with Gasteiger partial charge in [-0.25, -0.2) is 4.39 Å². The second-order valence-electron chi connectivity index (χ2n) is 3.58. The highest BCUT2D eigenvalue weighted by molar-refractivity contribution is 6.39. The number of aromatic nitrogens is 1. The van der Waals surface area contributed by atoms with Crippen molar-refractivity contribution in [3.63, 3.8) is 0 Å². The molecule has 0 aliphatic rings. The van der Waals surface area contributed by atoms with E-state index in [1.807, 2.05) is 6.07 Å². The Bertz CT molecular complexity index is 615. The second-order valence-corrected chi connectivity index (χ2v) is 4.39. The van der Waals surface area contributed by atoms with E-state index in [-0.39, 0.29) is 12.0 Å². The Labute approximate surface area is 114 Å². The van der Waals surface area contributed by atoms with Gasteiger partial charge in [-0.3, -0.25) is 4.98 Å². The summed E-state index contributed by atoms with van der Waals surface area (Å²) in [6.45, 7) is 0. The summed E-state index contributed by atoms with van der Waals surface area (Å²) in [4.78, 5) is 3.78. The third-order valence-corrected chi connectivity index (χ3v) is 3.12. The fourth-order valence-electron chi connectivity index (χ4n) is 1.69. The van der Waals surface area contributed by atoms with Crippen molar-refractivity contribution in [3.05, 3.63) is 52.0 Å². The molecule has 0 N–H and O–H groups in total. The van der Waals surface area contributed by atoms with Crippen molar-refractivity contribution < 1.29 is 4.39 Å². The third-order valence-electron chi connectivity index (χ3n) is 2.49. The minimum atomic E-state index is -0.537. The molecule has 2 nitrogen and oxygen atoms in total. The van der Waals surface area contributed by atoms with Crippen molar-refractivity contribution in [1.82, 2.24) is 4.98 Å². The molecule has 0 saturated heterocycles. The molecule has 2 aromatic rings. The number of benzene rings is 1. The van der Waals surface area contributed by atoms with Gasteiger partial charge >= 0.3 is 0 Å². The number of pyridine rings is 1. The molecule has 0 aliphatic heterocycles. The van der Waals surface area contributed by atoms with Gasteiger partial charge in [0.1, 0.15) is 5.82 Å². The van der Waals surface area contributed by atoms with Crippen molar-refractivity contribution in [3.8, 4) is 17.2 Å². The van der Waals surface area contributed by atoms with Gasteiger partial charge in [-0.15, -0.1) is 0 Å². The Morgan fingerprint density at radius 2 is 1.89 bits per heavy atom. The van der Waals surface area contributed by atoms with Gasteiger partial charge in [0.2, 0.25) is 0 Å². The van der Waals surface area contributed by atoms with Gasteiger partial charge in [-0.1, -0.05) is 29.3 Å². The molecule has 18 heavy (non-hydrogen) atoms. The zero-order valence-corrected chi connectivity index (χ0v) is 10.6. The van der Waals surface area contributed by atoms with Crippen LogP contribution in [0.5, 0.6) is 0 Å². The molecular weight excluding hydrogens is 274 g/mol. The van der Waals surface area contributed by atoms with Gasteiger partial charge in [-0.2, -0.15) is 5.26 Å². The quantitative estimate of drug-likeness (QED) is 0.824. The fourth-order valence-corrected chi connectivity index (χ4v) is 2.29. The molecule has 0 atom stereocenters. The summed E-state index contributed by atoms with van der Waals surface area (Å²) < 4.78 is 13.7. The van der Waals surface area contributed by atoms with Crippen molar-refractivity contribution in [2.75, 3.05) is 0 Å². The Kier molecular flexibility index (Phi) is 3.81. The molecule has 0 spiro atoms. The topological polar surface area (TPSA) is 36.7 Å². The minimum Gasteiger partial charge on any atom is -0.261 e. The number of halogens is 3. The van der Waals surface area contributed by atoms with E-state index in [1.54, 1.807) is 18.2 Å². The van der Waals surface area contributed by atoms with Gasteiger partial charge in [0.15, 0.2) is 0 Å². The number of hydrogen-bond donors (Lipinski definition) is 0. The van der Waals surface area contributed by atoms with E-state index < -0.39 is 5.82 Å². The lowest BCUT2D eigenvalue weighted by molar-refractivity contribution is 0.609. The van der Waals surface area contributed by atoms with Crippen LogP contribution in [0.15, 0.2) is 30.6 Å². The maximum absolute atomic E-state index is 13.7. The predicted molar refractivity (Wildman–Crippen MR) is 69.0 cm³/mol. The summed E-state index contributed by atoms with van der Waals surface area (Å²) in [6.07, 6.45) is 2.47. The fraction of sp³-hybridized carbons (Fsp3) is 0.0769. The zero-order chi connectivity index (χ0) is 13.1. The molecule has 2 rings (SSSR count). The second kappa shape index (κ2) is 5.34. The largest absolute Gasteiger partial charge is 0.261 e. The molecule has 0 radical (unpaired) electrons. The maximum Gasteiger partial charge on any atom is 0.146 e. The summed E-state index contributed by atoms with van der Waals surface area (Å²) in [5.41, 5.74) is 1.20. The number of hydrogen-bond acceptors (Lipinski definition) is 2. The molecule has 0 unspecified atom stereocenters.